The Morgan fingerprint density at radius 2 is 1.91 bits per heavy atom. The first-order chi connectivity index (χ1) is 16.4. The minimum absolute atomic E-state index is 0.0934. The van der Waals surface area contributed by atoms with Gasteiger partial charge in [-0.05, 0) is 49.9 Å². The fraction of sp³-hybridized carbons (Fsp3) is 0.522. The monoisotopic (exact) mass is 486 g/mol. The van der Waals surface area contributed by atoms with Crippen molar-refractivity contribution in [3.05, 3.63) is 30.1 Å². The summed E-state index contributed by atoms with van der Waals surface area (Å²) in [6, 6.07) is 6.65. The molecule has 1 atom stereocenters. The van der Waals surface area contributed by atoms with Crippen molar-refractivity contribution < 1.29 is 19.1 Å². The number of urea groups is 1. The topological polar surface area (TPSA) is 118 Å². The highest BCUT2D eigenvalue weighted by atomic mass is 32.2. The first-order valence-corrected chi connectivity index (χ1v) is 12.6. The average molecular weight is 487 g/mol. The van der Waals surface area contributed by atoms with Gasteiger partial charge in [-0.2, -0.15) is 0 Å². The lowest BCUT2D eigenvalue weighted by atomic mass is 9.99. The molecule has 2 aliphatic heterocycles. The minimum atomic E-state index is -0.510. The Kier molecular flexibility index (Phi) is 7.71. The van der Waals surface area contributed by atoms with Crippen molar-refractivity contribution in [2.45, 2.75) is 50.7 Å². The molecule has 2 aromatic rings. The van der Waals surface area contributed by atoms with E-state index in [4.69, 9.17) is 4.74 Å². The molecule has 1 unspecified atom stereocenters. The second-order valence-electron chi connectivity index (χ2n) is 8.64. The van der Waals surface area contributed by atoms with Gasteiger partial charge in [-0.25, -0.2) is 4.79 Å². The van der Waals surface area contributed by atoms with Gasteiger partial charge in [0.1, 0.15) is 11.6 Å². The zero-order valence-corrected chi connectivity index (χ0v) is 20.3. The number of benzene rings is 1. The summed E-state index contributed by atoms with van der Waals surface area (Å²) in [4.78, 5) is 38.2. The first-order valence-electron chi connectivity index (χ1n) is 11.6. The largest absolute Gasteiger partial charge is 0.494 e. The van der Waals surface area contributed by atoms with Gasteiger partial charge in [-0.15, -0.1) is 10.2 Å². The van der Waals surface area contributed by atoms with Crippen LogP contribution in [0.3, 0.4) is 0 Å². The number of thioether (sulfide) groups is 1. The molecule has 34 heavy (non-hydrogen) atoms. The predicted octanol–water partition coefficient (Wildman–Crippen LogP) is 2.16. The summed E-state index contributed by atoms with van der Waals surface area (Å²) in [6.45, 7) is 6.30. The van der Waals surface area contributed by atoms with E-state index in [0.717, 1.165) is 37.4 Å². The van der Waals surface area contributed by atoms with E-state index in [1.165, 1.54) is 11.8 Å². The van der Waals surface area contributed by atoms with Gasteiger partial charge in [0.25, 0.3) is 0 Å². The fourth-order valence-electron chi connectivity index (χ4n) is 4.14. The van der Waals surface area contributed by atoms with Gasteiger partial charge in [0.15, 0.2) is 5.16 Å². The number of hydrogen-bond donors (Lipinski definition) is 2. The fourth-order valence-corrected chi connectivity index (χ4v) is 5.01. The van der Waals surface area contributed by atoms with Gasteiger partial charge in [0, 0.05) is 37.7 Å². The van der Waals surface area contributed by atoms with Gasteiger partial charge >= 0.3 is 6.03 Å². The van der Waals surface area contributed by atoms with Crippen LogP contribution in [0.15, 0.2) is 29.4 Å². The van der Waals surface area contributed by atoms with E-state index in [0.29, 0.717) is 29.9 Å². The van der Waals surface area contributed by atoms with Crippen LogP contribution < -0.4 is 15.4 Å². The average Bonchev–Trinajstić information content (AvgIpc) is 3.20. The highest BCUT2D eigenvalue weighted by molar-refractivity contribution is 7.99. The second-order valence-corrected chi connectivity index (χ2v) is 9.58. The third-order valence-corrected chi connectivity index (χ3v) is 6.93. The van der Waals surface area contributed by atoms with Crippen LogP contribution in [0.2, 0.25) is 0 Å². The number of carbonyl (C=O) groups is 3. The summed E-state index contributed by atoms with van der Waals surface area (Å²) in [7, 11) is 0. The molecule has 2 N–H and O–H groups in total. The molecule has 0 spiro atoms. The summed E-state index contributed by atoms with van der Waals surface area (Å²) in [5, 5.41) is 14.3. The Morgan fingerprint density at radius 3 is 2.59 bits per heavy atom. The van der Waals surface area contributed by atoms with Crippen molar-refractivity contribution in [1.82, 2.24) is 30.3 Å². The molecule has 2 aliphatic rings. The van der Waals surface area contributed by atoms with Crippen LogP contribution in [0, 0.1) is 5.92 Å². The molecule has 0 radical (unpaired) electrons. The van der Waals surface area contributed by atoms with Crippen LogP contribution in [0.1, 0.15) is 38.9 Å². The third kappa shape index (κ3) is 5.88. The van der Waals surface area contributed by atoms with Crippen molar-refractivity contribution in [1.29, 1.82) is 0 Å². The predicted molar refractivity (Wildman–Crippen MR) is 127 cm³/mol. The van der Waals surface area contributed by atoms with E-state index >= 15 is 0 Å². The number of piperidine rings is 1. The maximum atomic E-state index is 12.8. The molecule has 182 valence electrons. The molecule has 2 saturated heterocycles. The summed E-state index contributed by atoms with van der Waals surface area (Å²) in [5.41, 5.74) is 0.816. The number of likely N-dealkylation sites (tertiary alicyclic amines) is 1. The second kappa shape index (κ2) is 10.9. The Hall–Kier alpha value is -3.08. The highest BCUT2D eigenvalue weighted by Gasteiger charge is 2.27. The molecule has 4 rings (SSSR count). The van der Waals surface area contributed by atoms with Crippen molar-refractivity contribution in [3.8, 4) is 11.4 Å². The molecule has 0 saturated carbocycles. The molecular formula is C23H30N6O4S. The molecule has 0 aliphatic carbocycles. The summed E-state index contributed by atoms with van der Waals surface area (Å²) in [6.07, 6.45) is 2.56. The maximum Gasteiger partial charge on any atom is 0.321 e. The Balaban J connectivity index is 1.53. The van der Waals surface area contributed by atoms with Crippen LogP contribution in [-0.4, -0.2) is 69.0 Å². The normalized spacial score (nSPS) is 19.0. The van der Waals surface area contributed by atoms with Crippen molar-refractivity contribution in [3.63, 3.8) is 0 Å². The number of amides is 4. The van der Waals surface area contributed by atoms with E-state index < -0.39 is 6.03 Å². The number of nitrogens with zero attached hydrogens (tertiary/aromatic N) is 4. The molecule has 3 heterocycles. The van der Waals surface area contributed by atoms with Crippen LogP contribution in [0.5, 0.6) is 5.75 Å². The molecule has 1 aromatic heterocycles. The van der Waals surface area contributed by atoms with E-state index in [1.54, 1.807) is 0 Å². The summed E-state index contributed by atoms with van der Waals surface area (Å²) in [5.74, 6) is 2.05. The van der Waals surface area contributed by atoms with E-state index in [-0.39, 0.29) is 30.0 Å². The van der Waals surface area contributed by atoms with Crippen molar-refractivity contribution in [2.24, 2.45) is 5.92 Å². The van der Waals surface area contributed by atoms with E-state index in [1.807, 2.05) is 40.7 Å². The molecule has 2 fully saturated rings. The van der Waals surface area contributed by atoms with Gasteiger partial charge in [-0.1, -0.05) is 18.7 Å². The quantitative estimate of drug-likeness (QED) is 0.549. The smallest absolute Gasteiger partial charge is 0.321 e. The minimum Gasteiger partial charge on any atom is -0.494 e. The molecular weight excluding hydrogens is 456 g/mol. The Labute approximate surface area is 202 Å². The van der Waals surface area contributed by atoms with Crippen LogP contribution >= 0.6 is 11.8 Å². The maximum absolute atomic E-state index is 12.8. The van der Waals surface area contributed by atoms with E-state index in [9.17, 15) is 14.4 Å². The lowest BCUT2D eigenvalue weighted by Crippen LogP contribution is -2.53. The van der Waals surface area contributed by atoms with Crippen molar-refractivity contribution >= 4 is 29.6 Å². The van der Waals surface area contributed by atoms with Crippen LogP contribution in [-0.2, 0) is 16.0 Å². The van der Waals surface area contributed by atoms with Gasteiger partial charge in [-0.3, -0.25) is 19.5 Å². The first kappa shape index (κ1) is 24.1. The SMILES string of the molecule is CCOc1ccc(-n2c(CC3CC(=O)NC(=O)N3)nnc2SCC(=O)N2CCC(C)CC2)cc1. The molecule has 4 amide bonds. The number of nitrogens with one attached hydrogen (secondary N) is 2. The zero-order valence-electron chi connectivity index (χ0n) is 19.5. The van der Waals surface area contributed by atoms with E-state index in [2.05, 4.69) is 27.8 Å². The zero-order chi connectivity index (χ0) is 24.1. The number of ether oxygens (including phenoxy) is 1. The Bertz CT molecular complexity index is 1020. The number of aromatic nitrogens is 3. The van der Waals surface area contributed by atoms with Crippen LogP contribution in [0.4, 0.5) is 4.79 Å². The van der Waals surface area contributed by atoms with Gasteiger partial charge in [0.2, 0.25) is 11.8 Å². The lowest BCUT2D eigenvalue weighted by molar-refractivity contribution is -0.129. The molecule has 0 bridgehead atoms. The number of rotatable bonds is 8. The number of imide groups is 1. The lowest BCUT2D eigenvalue weighted by Gasteiger charge is -2.30. The van der Waals surface area contributed by atoms with Crippen molar-refractivity contribution in [2.75, 3.05) is 25.4 Å². The number of hydrogen-bond acceptors (Lipinski definition) is 7. The Morgan fingerprint density at radius 1 is 1.18 bits per heavy atom. The summed E-state index contributed by atoms with van der Waals surface area (Å²) >= 11 is 1.34. The highest BCUT2D eigenvalue weighted by Crippen LogP contribution is 2.26. The molecule has 1 aromatic carbocycles. The molecule has 10 nitrogen and oxygen atoms in total. The molecule has 11 heteroatoms. The standard InChI is InChI=1S/C23H30N6O4S/c1-3-33-18-6-4-17(5-7-18)29-19(12-16-13-20(30)25-22(32)24-16)26-27-23(29)34-14-21(31)28-10-8-15(2)9-11-28/h4-7,15-16H,3,8-14H2,1-2H3,(H2,24,25,30,32). The van der Waals surface area contributed by atoms with Gasteiger partial charge in [0.05, 0.1) is 12.4 Å². The third-order valence-electron chi connectivity index (χ3n) is 6.02. The summed E-state index contributed by atoms with van der Waals surface area (Å²) < 4.78 is 7.43. The number of carbonyl (C=O) groups excluding carboxylic acids is 3. The van der Waals surface area contributed by atoms with Gasteiger partial charge < -0.3 is 15.0 Å². The van der Waals surface area contributed by atoms with Crippen LogP contribution in [0.25, 0.3) is 5.69 Å².